The molecule has 1 aromatic carbocycles. The van der Waals surface area contributed by atoms with Crippen LogP contribution in [0.5, 0.6) is 0 Å². The van der Waals surface area contributed by atoms with Gasteiger partial charge in [0.15, 0.2) is 0 Å². The van der Waals surface area contributed by atoms with E-state index in [4.69, 9.17) is 11.6 Å². The zero-order valence-electron chi connectivity index (χ0n) is 12.1. The molecule has 0 spiro atoms. The maximum atomic E-state index is 11.7. The number of halogens is 1. The predicted octanol–water partition coefficient (Wildman–Crippen LogP) is 2.02. The van der Waals surface area contributed by atoms with Gasteiger partial charge in [0.2, 0.25) is 5.91 Å². The van der Waals surface area contributed by atoms with Gasteiger partial charge in [-0.25, -0.2) is 0 Å². The van der Waals surface area contributed by atoms with Gasteiger partial charge in [0.1, 0.15) is 0 Å². The highest BCUT2D eigenvalue weighted by molar-refractivity contribution is 6.31. The highest BCUT2D eigenvalue weighted by Gasteiger charge is 2.25. The summed E-state index contributed by atoms with van der Waals surface area (Å²) >= 11 is 6.30. The monoisotopic (exact) mass is 295 g/mol. The summed E-state index contributed by atoms with van der Waals surface area (Å²) in [7, 11) is 3.63. The van der Waals surface area contributed by atoms with Crippen molar-refractivity contribution < 1.29 is 4.79 Å². The van der Waals surface area contributed by atoms with E-state index in [1.807, 2.05) is 19.2 Å². The summed E-state index contributed by atoms with van der Waals surface area (Å²) in [6, 6.07) is 6.02. The van der Waals surface area contributed by atoms with Gasteiger partial charge >= 0.3 is 0 Å². The summed E-state index contributed by atoms with van der Waals surface area (Å²) in [6.45, 7) is 2.55. The van der Waals surface area contributed by atoms with Gasteiger partial charge in [0.25, 0.3) is 0 Å². The molecule has 4 nitrogen and oxygen atoms in total. The molecule has 0 aliphatic carbocycles. The van der Waals surface area contributed by atoms with Crippen molar-refractivity contribution in [2.24, 2.45) is 5.92 Å². The van der Waals surface area contributed by atoms with Gasteiger partial charge < -0.3 is 15.5 Å². The lowest BCUT2D eigenvalue weighted by atomic mass is 9.95. The van der Waals surface area contributed by atoms with E-state index in [-0.39, 0.29) is 11.8 Å². The largest absolute Gasteiger partial charge is 0.371 e. The number of anilines is 1. The Morgan fingerprint density at radius 1 is 1.35 bits per heavy atom. The molecule has 1 aliphatic heterocycles. The van der Waals surface area contributed by atoms with E-state index in [0.717, 1.165) is 43.1 Å². The Kier molecular flexibility index (Phi) is 5.26. The van der Waals surface area contributed by atoms with Crippen LogP contribution in [0.15, 0.2) is 18.2 Å². The molecule has 1 fully saturated rings. The second kappa shape index (κ2) is 6.95. The van der Waals surface area contributed by atoms with Crippen LogP contribution < -0.4 is 15.5 Å². The van der Waals surface area contributed by atoms with Crippen molar-refractivity contribution in [2.75, 3.05) is 32.1 Å². The van der Waals surface area contributed by atoms with Crippen molar-refractivity contribution >= 4 is 23.2 Å². The summed E-state index contributed by atoms with van der Waals surface area (Å²) in [4.78, 5) is 14.0. The molecule has 1 aliphatic rings. The van der Waals surface area contributed by atoms with Crippen molar-refractivity contribution in [2.45, 2.75) is 19.4 Å². The van der Waals surface area contributed by atoms with E-state index in [1.165, 1.54) is 5.69 Å². The third-order valence-corrected chi connectivity index (χ3v) is 4.25. The average Bonchev–Trinajstić information content (AvgIpc) is 2.49. The number of amides is 1. The summed E-state index contributed by atoms with van der Waals surface area (Å²) in [6.07, 6.45) is 1.79. The van der Waals surface area contributed by atoms with E-state index in [9.17, 15) is 4.79 Å². The molecular weight excluding hydrogens is 274 g/mol. The molecule has 0 unspecified atom stereocenters. The van der Waals surface area contributed by atoms with Gasteiger partial charge in [0.05, 0.1) is 0 Å². The van der Waals surface area contributed by atoms with Crippen molar-refractivity contribution in [1.29, 1.82) is 0 Å². The first-order valence-electron chi connectivity index (χ1n) is 7.06. The smallest absolute Gasteiger partial charge is 0.222 e. The molecule has 1 saturated heterocycles. The van der Waals surface area contributed by atoms with Crippen LogP contribution in [0, 0.1) is 5.92 Å². The molecule has 1 amide bonds. The number of carbonyl (C=O) groups excluding carboxylic acids is 1. The van der Waals surface area contributed by atoms with Gasteiger partial charge in [-0.2, -0.15) is 0 Å². The van der Waals surface area contributed by atoms with Crippen LogP contribution in [-0.2, 0) is 11.3 Å². The summed E-state index contributed by atoms with van der Waals surface area (Å²) in [5, 5.41) is 6.70. The van der Waals surface area contributed by atoms with E-state index < -0.39 is 0 Å². The average molecular weight is 296 g/mol. The fourth-order valence-electron chi connectivity index (χ4n) is 2.78. The molecule has 2 rings (SSSR count). The van der Waals surface area contributed by atoms with Gasteiger partial charge in [0, 0.05) is 48.9 Å². The molecule has 0 atom stereocenters. The minimum atomic E-state index is 0.142. The Labute approximate surface area is 125 Å². The summed E-state index contributed by atoms with van der Waals surface area (Å²) in [5.74, 6) is 0.300. The van der Waals surface area contributed by atoms with E-state index in [0.29, 0.717) is 0 Å². The van der Waals surface area contributed by atoms with Crippen LogP contribution in [0.2, 0.25) is 5.02 Å². The van der Waals surface area contributed by atoms with Crippen LogP contribution in [0.1, 0.15) is 18.4 Å². The van der Waals surface area contributed by atoms with Gasteiger partial charge in [-0.15, -0.1) is 0 Å². The zero-order valence-corrected chi connectivity index (χ0v) is 12.8. The first-order valence-corrected chi connectivity index (χ1v) is 7.43. The lowest BCUT2D eigenvalue weighted by Crippen LogP contribution is -2.40. The van der Waals surface area contributed by atoms with Crippen molar-refractivity contribution in [1.82, 2.24) is 10.6 Å². The maximum Gasteiger partial charge on any atom is 0.222 e. The van der Waals surface area contributed by atoms with Crippen LogP contribution in [-0.4, -0.2) is 33.1 Å². The SMILES string of the molecule is CNCc1c(Cl)cccc1N1CCC(C(=O)NC)CC1. The molecule has 20 heavy (non-hydrogen) atoms. The number of hydrogen-bond donors (Lipinski definition) is 2. The first-order chi connectivity index (χ1) is 9.67. The first kappa shape index (κ1) is 15.1. The molecule has 110 valence electrons. The van der Waals surface area contributed by atoms with E-state index in [2.05, 4.69) is 21.6 Å². The molecule has 5 heteroatoms. The number of carbonyl (C=O) groups is 1. The highest BCUT2D eigenvalue weighted by Crippen LogP contribution is 2.30. The summed E-state index contributed by atoms with van der Waals surface area (Å²) < 4.78 is 0. The number of hydrogen-bond acceptors (Lipinski definition) is 3. The van der Waals surface area contributed by atoms with Gasteiger partial charge in [-0.1, -0.05) is 17.7 Å². The minimum Gasteiger partial charge on any atom is -0.371 e. The standard InChI is InChI=1S/C15H22ClN3O/c1-17-10-12-13(16)4-3-5-14(12)19-8-6-11(7-9-19)15(20)18-2/h3-5,11,17H,6-10H2,1-2H3,(H,18,20). The molecule has 0 saturated carbocycles. The van der Waals surface area contributed by atoms with E-state index >= 15 is 0 Å². The number of piperidine rings is 1. The quantitative estimate of drug-likeness (QED) is 0.893. The van der Waals surface area contributed by atoms with Crippen LogP contribution in [0.4, 0.5) is 5.69 Å². The Morgan fingerprint density at radius 3 is 2.65 bits per heavy atom. The molecule has 1 heterocycles. The lowest BCUT2D eigenvalue weighted by molar-refractivity contribution is -0.125. The van der Waals surface area contributed by atoms with Crippen LogP contribution >= 0.6 is 11.6 Å². The van der Waals surface area contributed by atoms with Gasteiger partial charge in [-0.05, 0) is 32.0 Å². The van der Waals surface area contributed by atoms with Gasteiger partial charge in [-0.3, -0.25) is 4.79 Å². The number of nitrogens with one attached hydrogen (secondary N) is 2. The van der Waals surface area contributed by atoms with Crippen molar-refractivity contribution in [3.63, 3.8) is 0 Å². The number of nitrogens with zero attached hydrogens (tertiary/aromatic N) is 1. The van der Waals surface area contributed by atoms with E-state index in [1.54, 1.807) is 7.05 Å². The highest BCUT2D eigenvalue weighted by atomic mass is 35.5. The Bertz CT molecular complexity index is 470. The second-order valence-corrected chi connectivity index (χ2v) is 5.55. The number of rotatable bonds is 4. The normalized spacial score (nSPS) is 16.2. The Balaban J connectivity index is 2.10. The summed E-state index contributed by atoms with van der Waals surface area (Å²) in [5.41, 5.74) is 2.32. The molecule has 0 aromatic heterocycles. The molecule has 0 radical (unpaired) electrons. The lowest BCUT2D eigenvalue weighted by Gasteiger charge is -2.34. The maximum absolute atomic E-state index is 11.7. The zero-order chi connectivity index (χ0) is 14.5. The molecule has 1 aromatic rings. The second-order valence-electron chi connectivity index (χ2n) is 5.14. The minimum absolute atomic E-state index is 0.142. The molecule has 2 N–H and O–H groups in total. The van der Waals surface area contributed by atoms with Crippen molar-refractivity contribution in [3.05, 3.63) is 28.8 Å². The fraction of sp³-hybridized carbons (Fsp3) is 0.533. The van der Waals surface area contributed by atoms with Crippen LogP contribution in [0.25, 0.3) is 0 Å². The van der Waals surface area contributed by atoms with Crippen molar-refractivity contribution in [3.8, 4) is 0 Å². The fourth-order valence-corrected chi connectivity index (χ4v) is 3.02. The number of benzene rings is 1. The third-order valence-electron chi connectivity index (χ3n) is 3.90. The Hall–Kier alpha value is -1.26. The topological polar surface area (TPSA) is 44.4 Å². The molecule has 0 bridgehead atoms. The molecular formula is C15H22ClN3O. The van der Waals surface area contributed by atoms with Crippen LogP contribution in [0.3, 0.4) is 0 Å². The predicted molar refractivity (Wildman–Crippen MR) is 83.2 cm³/mol. The third kappa shape index (κ3) is 3.25. The Morgan fingerprint density at radius 2 is 2.05 bits per heavy atom.